The molecule has 1 aliphatic carbocycles. The third-order valence-electron chi connectivity index (χ3n) is 4.21. The zero-order valence-electron chi connectivity index (χ0n) is 12.0. The highest BCUT2D eigenvalue weighted by atomic mass is 32.1. The van der Waals surface area contributed by atoms with Crippen LogP contribution in [-0.2, 0) is 0 Å². The first-order chi connectivity index (χ1) is 8.70. The third-order valence-corrected chi connectivity index (χ3v) is 5.30. The second-order valence-corrected chi connectivity index (χ2v) is 7.22. The van der Waals surface area contributed by atoms with Crippen molar-refractivity contribution in [3.8, 4) is 0 Å². The summed E-state index contributed by atoms with van der Waals surface area (Å²) in [6, 6.07) is 5.22. The van der Waals surface area contributed by atoms with E-state index in [0.717, 1.165) is 18.4 Å². The summed E-state index contributed by atoms with van der Waals surface area (Å²) in [5, 5.41) is 3.79. The molecular formula is C16H27NS. The van der Waals surface area contributed by atoms with Crippen LogP contribution in [0.2, 0.25) is 0 Å². The number of nitrogens with one attached hydrogen (secondary N) is 1. The molecule has 1 atom stereocenters. The number of rotatable bonds is 5. The fraction of sp³-hybridized carbons (Fsp3) is 0.750. The van der Waals surface area contributed by atoms with Gasteiger partial charge in [0.05, 0.1) is 0 Å². The molecule has 0 aromatic carbocycles. The summed E-state index contributed by atoms with van der Waals surface area (Å²) in [4.78, 5) is 3.00. The fourth-order valence-corrected chi connectivity index (χ4v) is 4.09. The maximum Gasteiger partial charge on any atom is 0.0443 e. The first kappa shape index (κ1) is 14.1. The Morgan fingerprint density at radius 1 is 1.28 bits per heavy atom. The monoisotopic (exact) mass is 265 g/mol. The van der Waals surface area contributed by atoms with Gasteiger partial charge in [-0.1, -0.05) is 26.7 Å². The van der Waals surface area contributed by atoms with Gasteiger partial charge >= 0.3 is 0 Å². The Bertz CT molecular complexity index is 350. The topological polar surface area (TPSA) is 12.0 Å². The van der Waals surface area contributed by atoms with Gasteiger partial charge in [0.1, 0.15) is 0 Å². The van der Waals surface area contributed by atoms with Crippen LogP contribution in [0.3, 0.4) is 0 Å². The molecular weight excluding hydrogens is 238 g/mol. The van der Waals surface area contributed by atoms with Gasteiger partial charge in [0.15, 0.2) is 0 Å². The predicted molar refractivity (Wildman–Crippen MR) is 81.2 cm³/mol. The summed E-state index contributed by atoms with van der Waals surface area (Å²) in [5.41, 5.74) is 0. The van der Waals surface area contributed by atoms with Crippen LogP contribution >= 0.6 is 11.3 Å². The first-order valence-corrected chi connectivity index (χ1v) is 8.32. The molecule has 0 spiro atoms. The first-order valence-electron chi connectivity index (χ1n) is 7.50. The zero-order chi connectivity index (χ0) is 13.0. The molecule has 1 aliphatic rings. The van der Waals surface area contributed by atoms with Crippen molar-refractivity contribution < 1.29 is 0 Å². The minimum absolute atomic E-state index is 0.608. The van der Waals surface area contributed by atoms with E-state index in [4.69, 9.17) is 0 Å². The Hall–Kier alpha value is -0.340. The largest absolute Gasteiger partial charge is 0.309 e. The third kappa shape index (κ3) is 3.58. The Morgan fingerprint density at radius 2 is 2.00 bits per heavy atom. The molecule has 1 heterocycles. The molecule has 0 aliphatic heterocycles. The Morgan fingerprint density at radius 3 is 2.56 bits per heavy atom. The van der Waals surface area contributed by atoms with Gasteiger partial charge in [0.25, 0.3) is 0 Å². The van der Waals surface area contributed by atoms with Crippen molar-refractivity contribution in [2.45, 2.75) is 58.9 Å². The highest BCUT2D eigenvalue weighted by Gasteiger charge is 2.27. The number of thiophene rings is 1. The van der Waals surface area contributed by atoms with E-state index < -0.39 is 0 Å². The molecule has 1 unspecified atom stereocenters. The Kier molecular flexibility index (Phi) is 5.25. The van der Waals surface area contributed by atoms with Gasteiger partial charge in [0, 0.05) is 15.8 Å². The standard InChI is InChI=1S/C16H27NS/c1-4-11-17-16(15-10-7-13(3)18-15)14-8-5-12(2)6-9-14/h7,10,12,14,16-17H,4-6,8-9,11H2,1-3H3. The normalized spacial score (nSPS) is 26.2. The van der Waals surface area contributed by atoms with Crippen molar-refractivity contribution >= 4 is 11.3 Å². The number of aryl methyl sites for hydroxylation is 1. The average Bonchev–Trinajstić information content (AvgIpc) is 2.78. The van der Waals surface area contributed by atoms with E-state index in [1.807, 2.05) is 11.3 Å². The summed E-state index contributed by atoms with van der Waals surface area (Å²) in [7, 11) is 0. The summed E-state index contributed by atoms with van der Waals surface area (Å²) >= 11 is 1.98. The van der Waals surface area contributed by atoms with E-state index in [9.17, 15) is 0 Å². The molecule has 1 nitrogen and oxygen atoms in total. The lowest BCUT2D eigenvalue weighted by Gasteiger charge is -2.33. The summed E-state index contributed by atoms with van der Waals surface area (Å²) < 4.78 is 0. The van der Waals surface area contributed by atoms with E-state index in [2.05, 4.69) is 38.2 Å². The molecule has 0 bridgehead atoms. The van der Waals surface area contributed by atoms with E-state index in [1.54, 1.807) is 4.88 Å². The van der Waals surface area contributed by atoms with Crippen LogP contribution in [0.15, 0.2) is 12.1 Å². The van der Waals surface area contributed by atoms with Gasteiger partial charge < -0.3 is 5.32 Å². The summed E-state index contributed by atoms with van der Waals surface area (Å²) in [6.45, 7) is 8.02. The van der Waals surface area contributed by atoms with Crippen molar-refractivity contribution in [2.24, 2.45) is 11.8 Å². The highest BCUT2D eigenvalue weighted by molar-refractivity contribution is 7.12. The van der Waals surface area contributed by atoms with Gasteiger partial charge in [-0.2, -0.15) is 0 Å². The molecule has 2 rings (SSSR count). The van der Waals surface area contributed by atoms with Crippen LogP contribution in [-0.4, -0.2) is 6.54 Å². The maximum atomic E-state index is 3.79. The molecule has 18 heavy (non-hydrogen) atoms. The quantitative estimate of drug-likeness (QED) is 0.796. The number of hydrogen-bond acceptors (Lipinski definition) is 2. The molecule has 1 N–H and O–H groups in total. The van der Waals surface area contributed by atoms with Crippen molar-refractivity contribution in [2.75, 3.05) is 6.54 Å². The van der Waals surface area contributed by atoms with Crippen molar-refractivity contribution in [3.63, 3.8) is 0 Å². The second-order valence-electron chi connectivity index (χ2n) is 5.90. The van der Waals surface area contributed by atoms with Gasteiger partial charge in [-0.05, 0) is 56.7 Å². The van der Waals surface area contributed by atoms with Crippen LogP contribution < -0.4 is 5.32 Å². The van der Waals surface area contributed by atoms with Crippen molar-refractivity contribution in [1.82, 2.24) is 5.32 Å². The molecule has 102 valence electrons. The van der Waals surface area contributed by atoms with Crippen LogP contribution in [0.1, 0.15) is 61.7 Å². The lowest BCUT2D eigenvalue weighted by atomic mass is 9.79. The highest BCUT2D eigenvalue weighted by Crippen LogP contribution is 2.38. The van der Waals surface area contributed by atoms with Crippen LogP contribution in [0.4, 0.5) is 0 Å². The summed E-state index contributed by atoms with van der Waals surface area (Å²) in [5.74, 6) is 1.80. The molecule has 0 amide bonds. The van der Waals surface area contributed by atoms with Gasteiger partial charge in [-0.3, -0.25) is 0 Å². The average molecular weight is 265 g/mol. The van der Waals surface area contributed by atoms with Crippen LogP contribution in [0, 0.1) is 18.8 Å². The predicted octanol–water partition coefficient (Wildman–Crippen LogP) is 4.92. The van der Waals surface area contributed by atoms with Gasteiger partial charge in [-0.15, -0.1) is 11.3 Å². The van der Waals surface area contributed by atoms with Gasteiger partial charge in [-0.25, -0.2) is 0 Å². The molecule has 1 aromatic heterocycles. The van der Waals surface area contributed by atoms with Crippen LogP contribution in [0.5, 0.6) is 0 Å². The lowest BCUT2D eigenvalue weighted by Crippen LogP contribution is -2.30. The minimum Gasteiger partial charge on any atom is -0.309 e. The SMILES string of the molecule is CCCNC(c1ccc(C)s1)C1CCC(C)CC1. The molecule has 0 saturated heterocycles. The molecule has 1 aromatic rings. The van der Waals surface area contributed by atoms with Crippen LogP contribution in [0.25, 0.3) is 0 Å². The fourth-order valence-electron chi connectivity index (χ4n) is 3.04. The maximum absolute atomic E-state index is 3.79. The molecule has 0 radical (unpaired) electrons. The Balaban J connectivity index is 2.04. The minimum atomic E-state index is 0.608. The second kappa shape index (κ2) is 6.72. The summed E-state index contributed by atoms with van der Waals surface area (Å²) in [6.07, 6.45) is 6.86. The van der Waals surface area contributed by atoms with Gasteiger partial charge in [0.2, 0.25) is 0 Å². The molecule has 1 saturated carbocycles. The van der Waals surface area contributed by atoms with Crippen molar-refractivity contribution in [3.05, 3.63) is 21.9 Å². The lowest BCUT2D eigenvalue weighted by molar-refractivity contribution is 0.233. The van der Waals surface area contributed by atoms with E-state index >= 15 is 0 Å². The smallest absolute Gasteiger partial charge is 0.0443 e. The number of hydrogen-bond donors (Lipinski definition) is 1. The van der Waals surface area contributed by atoms with E-state index in [0.29, 0.717) is 6.04 Å². The van der Waals surface area contributed by atoms with E-state index in [-0.39, 0.29) is 0 Å². The Labute approximate surface area is 116 Å². The van der Waals surface area contributed by atoms with E-state index in [1.165, 1.54) is 37.0 Å². The zero-order valence-corrected chi connectivity index (χ0v) is 12.9. The van der Waals surface area contributed by atoms with Crippen molar-refractivity contribution in [1.29, 1.82) is 0 Å². The molecule has 1 fully saturated rings. The molecule has 2 heteroatoms.